The molecule has 3 aromatic carbocycles. The number of aliphatic carboxylic acids is 1. The lowest BCUT2D eigenvalue weighted by atomic mass is 9.94. The van der Waals surface area contributed by atoms with Gasteiger partial charge in [-0.25, -0.2) is 0 Å². The van der Waals surface area contributed by atoms with Crippen molar-refractivity contribution < 1.29 is 19.4 Å². The summed E-state index contributed by atoms with van der Waals surface area (Å²) in [6.07, 6.45) is 1.85. The molecule has 0 saturated heterocycles. The minimum Gasteiger partial charge on any atom is -0.480 e. The second-order valence-corrected chi connectivity index (χ2v) is 7.45. The van der Waals surface area contributed by atoms with Gasteiger partial charge in [-0.3, -0.25) is 9.59 Å². The van der Waals surface area contributed by atoms with Crippen LogP contribution in [0.3, 0.4) is 0 Å². The number of carbonyl (C=O) groups excluding carboxylic acids is 1. The number of rotatable bonds is 6. The Hall–Kier alpha value is -3.90. The first-order valence-electron chi connectivity index (χ1n) is 9.91. The Bertz CT molecular complexity index is 1150. The summed E-state index contributed by atoms with van der Waals surface area (Å²) in [7, 11) is 0. The van der Waals surface area contributed by atoms with E-state index in [1.807, 2.05) is 66.7 Å². The van der Waals surface area contributed by atoms with Gasteiger partial charge in [0.05, 0.1) is 0 Å². The molecule has 6 nitrogen and oxygen atoms in total. The van der Waals surface area contributed by atoms with Crippen molar-refractivity contribution in [3.8, 4) is 11.5 Å². The average molecular weight is 414 g/mol. The molecule has 156 valence electrons. The number of carbonyl (C=O) groups is 2. The van der Waals surface area contributed by atoms with E-state index in [4.69, 9.17) is 15.6 Å². The fourth-order valence-corrected chi connectivity index (χ4v) is 3.48. The van der Waals surface area contributed by atoms with Gasteiger partial charge in [-0.2, -0.15) is 0 Å². The van der Waals surface area contributed by atoms with Crippen LogP contribution in [0.25, 0.3) is 11.6 Å². The first kappa shape index (κ1) is 20.4. The lowest BCUT2D eigenvalue weighted by molar-refractivity contribution is -0.139. The number of para-hydroxylation sites is 1. The first-order valence-corrected chi connectivity index (χ1v) is 9.91. The Morgan fingerprint density at radius 1 is 1.00 bits per heavy atom. The van der Waals surface area contributed by atoms with E-state index in [0.717, 1.165) is 22.4 Å². The molecule has 2 unspecified atom stereocenters. The number of amides is 1. The highest BCUT2D eigenvalue weighted by Gasteiger charge is 2.23. The summed E-state index contributed by atoms with van der Waals surface area (Å²) in [6, 6.07) is 21.3. The summed E-state index contributed by atoms with van der Waals surface area (Å²) >= 11 is 0. The number of hydrogen-bond donors (Lipinski definition) is 3. The highest BCUT2D eigenvalue weighted by molar-refractivity contribution is 6.34. The molecule has 0 aliphatic carbocycles. The molecule has 0 spiro atoms. The molecule has 4 rings (SSSR count). The summed E-state index contributed by atoms with van der Waals surface area (Å²) in [5.74, 6) is -0.159. The molecule has 3 aromatic rings. The second-order valence-electron chi connectivity index (χ2n) is 7.45. The second kappa shape index (κ2) is 8.45. The molecule has 4 N–H and O–H groups in total. The van der Waals surface area contributed by atoms with Gasteiger partial charge in [0.2, 0.25) is 0 Å². The number of carboxylic acids is 1. The number of nitrogens with one attached hydrogen (secondary N) is 1. The van der Waals surface area contributed by atoms with Crippen LogP contribution >= 0.6 is 0 Å². The molecule has 0 saturated carbocycles. The van der Waals surface area contributed by atoms with Crippen LogP contribution in [0.4, 0.5) is 5.69 Å². The van der Waals surface area contributed by atoms with Crippen LogP contribution in [0.1, 0.15) is 29.5 Å². The molecule has 1 aliphatic rings. The predicted molar refractivity (Wildman–Crippen MR) is 120 cm³/mol. The molecule has 2 atom stereocenters. The third-order valence-corrected chi connectivity index (χ3v) is 5.37. The van der Waals surface area contributed by atoms with E-state index in [1.165, 1.54) is 0 Å². The molecular weight excluding hydrogens is 392 g/mol. The predicted octanol–water partition coefficient (Wildman–Crippen LogP) is 4.49. The maximum atomic E-state index is 12.3. The number of fused-ring (bicyclic) bond motifs is 1. The molecule has 6 heteroatoms. The van der Waals surface area contributed by atoms with E-state index >= 15 is 0 Å². The molecule has 0 radical (unpaired) electrons. The Morgan fingerprint density at radius 2 is 1.61 bits per heavy atom. The van der Waals surface area contributed by atoms with Gasteiger partial charge >= 0.3 is 5.97 Å². The third-order valence-electron chi connectivity index (χ3n) is 5.37. The van der Waals surface area contributed by atoms with Crippen molar-refractivity contribution in [1.82, 2.24) is 0 Å². The fourth-order valence-electron chi connectivity index (χ4n) is 3.48. The Morgan fingerprint density at radius 3 is 2.26 bits per heavy atom. The van der Waals surface area contributed by atoms with Gasteiger partial charge in [0.15, 0.2) is 0 Å². The standard InChI is InChI=1S/C25H22N2O4/c1-15(23(26)25(29)30)17-8-12-19(13-9-17)31-18-10-6-16(7-11-18)14-21-20-4-2-3-5-22(20)27-24(21)28/h2-15,23H,26H2,1H3,(H,27,28)(H,29,30). The average Bonchev–Trinajstić information content (AvgIpc) is 3.09. The Kier molecular flexibility index (Phi) is 5.56. The molecule has 0 aromatic heterocycles. The minimum atomic E-state index is -1.03. The number of ether oxygens (including phenoxy) is 1. The molecule has 31 heavy (non-hydrogen) atoms. The zero-order valence-electron chi connectivity index (χ0n) is 16.9. The highest BCUT2D eigenvalue weighted by Crippen LogP contribution is 2.33. The maximum Gasteiger partial charge on any atom is 0.321 e. The number of benzene rings is 3. The fraction of sp³-hybridized carbons (Fsp3) is 0.120. The topological polar surface area (TPSA) is 102 Å². The van der Waals surface area contributed by atoms with Crippen LogP contribution in [-0.4, -0.2) is 23.0 Å². The van der Waals surface area contributed by atoms with Crippen molar-refractivity contribution in [2.45, 2.75) is 18.9 Å². The van der Waals surface area contributed by atoms with Gasteiger partial charge in [-0.1, -0.05) is 49.4 Å². The monoisotopic (exact) mass is 414 g/mol. The SMILES string of the molecule is CC(c1ccc(Oc2ccc(C=C3C(=O)Nc4ccccc43)cc2)cc1)C(N)C(=O)O. The summed E-state index contributed by atoms with van der Waals surface area (Å²) in [4.78, 5) is 23.3. The van der Waals surface area contributed by atoms with Gasteiger partial charge in [0.1, 0.15) is 17.5 Å². The van der Waals surface area contributed by atoms with Gasteiger partial charge < -0.3 is 20.9 Å². The zero-order chi connectivity index (χ0) is 22.0. The van der Waals surface area contributed by atoms with E-state index < -0.39 is 12.0 Å². The third kappa shape index (κ3) is 4.34. The van der Waals surface area contributed by atoms with Crippen LogP contribution in [0.2, 0.25) is 0 Å². The summed E-state index contributed by atoms with van der Waals surface area (Å²) < 4.78 is 5.88. The van der Waals surface area contributed by atoms with Gasteiger partial charge in [-0.05, 0) is 47.5 Å². The van der Waals surface area contributed by atoms with Crippen LogP contribution in [0, 0.1) is 0 Å². The van der Waals surface area contributed by atoms with Crippen molar-refractivity contribution in [1.29, 1.82) is 0 Å². The van der Waals surface area contributed by atoms with Crippen molar-refractivity contribution in [3.05, 3.63) is 89.5 Å². The minimum absolute atomic E-state index is 0.113. The molecule has 0 bridgehead atoms. The summed E-state index contributed by atoms with van der Waals surface area (Å²) in [5.41, 5.74) is 9.77. The zero-order valence-corrected chi connectivity index (χ0v) is 16.9. The van der Waals surface area contributed by atoms with Crippen molar-refractivity contribution >= 4 is 29.2 Å². The van der Waals surface area contributed by atoms with Gasteiger partial charge in [0, 0.05) is 22.7 Å². The number of hydrogen-bond acceptors (Lipinski definition) is 4. The van der Waals surface area contributed by atoms with Crippen molar-refractivity contribution in [3.63, 3.8) is 0 Å². The van der Waals surface area contributed by atoms with Crippen LogP contribution in [0.5, 0.6) is 11.5 Å². The largest absolute Gasteiger partial charge is 0.480 e. The molecule has 1 amide bonds. The first-order chi connectivity index (χ1) is 14.9. The number of carboxylic acid groups (broad SMARTS) is 1. The van der Waals surface area contributed by atoms with E-state index in [-0.39, 0.29) is 11.8 Å². The van der Waals surface area contributed by atoms with Crippen LogP contribution < -0.4 is 15.8 Å². The summed E-state index contributed by atoms with van der Waals surface area (Å²) in [5, 5.41) is 11.9. The smallest absolute Gasteiger partial charge is 0.321 e. The lowest BCUT2D eigenvalue weighted by Gasteiger charge is -2.16. The van der Waals surface area contributed by atoms with E-state index in [1.54, 1.807) is 19.1 Å². The lowest BCUT2D eigenvalue weighted by Crippen LogP contribution is -2.35. The van der Waals surface area contributed by atoms with Crippen molar-refractivity contribution in [2.24, 2.45) is 5.73 Å². The van der Waals surface area contributed by atoms with Gasteiger partial charge in [-0.15, -0.1) is 0 Å². The van der Waals surface area contributed by atoms with Crippen molar-refractivity contribution in [2.75, 3.05) is 5.32 Å². The van der Waals surface area contributed by atoms with Crippen LogP contribution in [-0.2, 0) is 9.59 Å². The summed E-state index contributed by atoms with van der Waals surface area (Å²) in [6.45, 7) is 1.78. The van der Waals surface area contributed by atoms with E-state index in [0.29, 0.717) is 17.1 Å². The quantitative estimate of drug-likeness (QED) is 0.516. The van der Waals surface area contributed by atoms with E-state index in [2.05, 4.69) is 5.32 Å². The molecule has 1 heterocycles. The molecule has 1 aliphatic heterocycles. The normalized spacial score (nSPS) is 15.8. The number of anilines is 1. The Labute approximate surface area is 180 Å². The maximum absolute atomic E-state index is 12.3. The molecular formula is C25H22N2O4. The van der Waals surface area contributed by atoms with Crippen LogP contribution in [0.15, 0.2) is 72.8 Å². The Balaban J connectivity index is 1.46. The molecule has 0 fully saturated rings. The number of nitrogens with two attached hydrogens (primary N) is 1. The highest BCUT2D eigenvalue weighted by atomic mass is 16.5. The van der Waals surface area contributed by atoms with E-state index in [9.17, 15) is 9.59 Å². The van der Waals surface area contributed by atoms with Gasteiger partial charge in [0.25, 0.3) is 5.91 Å².